The number of aromatic amines is 1. The van der Waals surface area contributed by atoms with Crippen molar-refractivity contribution in [2.24, 2.45) is 0 Å². The number of benzene rings is 2. The van der Waals surface area contributed by atoms with Gasteiger partial charge in [0.2, 0.25) is 0 Å². The summed E-state index contributed by atoms with van der Waals surface area (Å²) >= 11 is 5.94. The van der Waals surface area contributed by atoms with Crippen LogP contribution in [0.5, 0.6) is 0 Å². The molecule has 0 bridgehead atoms. The number of aryl methyl sites for hydroxylation is 1. The number of nitrogens with one attached hydrogen (secondary N) is 1. The maximum atomic E-state index is 5.94. The van der Waals surface area contributed by atoms with Gasteiger partial charge in [0.1, 0.15) is 0 Å². The van der Waals surface area contributed by atoms with Gasteiger partial charge < -0.3 is 4.98 Å². The third-order valence-corrected chi connectivity index (χ3v) is 3.55. The number of fused-ring (bicyclic) bond motifs is 1. The van der Waals surface area contributed by atoms with Crippen molar-refractivity contribution < 1.29 is 0 Å². The lowest BCUT2D eigenvalue weighted by atomic mass is 10.0. The minimum Gasteiger partial charge on any atom is -0.354 e. The molecule has 0 radical (unpaired) electrons. The predicted octanol–water partition coefficient (Wildman–Crippen LogP) is 5.05. The van der Waals surface area contributed by atoms with E-state index < -0.39 is 0 Å². The summed E-state index contributed by atoms with van der Waals surface area (Å²) in [4.78, 5) is 3.51. The van der Waals surface area contributed by atoms with Gasteiger partial charge in [-0.05, 0) is 35.7 Å². The van der Waals surface area contributed by atoms with Gasteiger partial charge in [-0.2, -0.15) is 0 Å². The maximum Gasteiger partial charge on any atom is 0.0497 e. The second-order valence-electron chi connectivity index (χ2n) is 4.38. The Morgan fingerprint density at radius 1 is 1.00 bits per heavy atom. The molecule has 2 heteroatoms. The van der Waals surface area contributed by atoms with Crippen LogP contribution in [0, 0.1) is 0 Å². The van der Waals surface area contributed by atoms with Crippen LogP contribution in [0.15, 0.2) is 48.5 Å². The van der Waals surface area contributed by atoms with Crippen LogP contribution in [0.2, 0.25) is 5.02 Å². The summed E-state index contributed by atoms with van der Waals surface area (Å²) in [5.74, 6) is 0. The van der Waals surface area contributed by atoms with Gasteiger partial charge in [0.05, 0.1) is 0 Å². The molecule has 18 heavy (non-hydrogen) atoms. The van der Waals surface area contributed by atoms with Gasteiger partial charge in [0.25, 0.3) is 0 Å². The van der Waals surface area contributed by atoms with E-state index in [1.165, 1.54) is 27.7 Å². The minimum absolute atomic E-state index is 0.771. The van der Waals surface area contributed by atoms with Crippen LogP contribution in [0.25, 0.3) is 22.2 Å². The van der Waals surface area contributed by atoms with E-state index in [0.717, 1.165) is 11.4 Å². The molecule has 1 aromatic heterocycles. The molecule has 1 N–H and O–H groups in total. The number of H-pyrrole nitrogens is 1. The quantitative estimate of drug-likeness (QED) is 0.659. The van der Waals surface area contributed by atoms with Gasteiger partial charge in [0, 0.05) is 21.6 Å². The van der Waals surface area contributed by atoms with Gasteiger partial charge in [-0.15, -0.1) is 0 Å². The first-order valence-corrected chi connectivity index (χ1v) is 6.53. The van der Waals surface area contributed by atoms with E-state index >= 15 is 0 Å². The van der Waals surface area contributed by atoms with E-state index in [-0.39, 0.29) is 0 Å². The predicted molar refractivity (Wildman–Crippen MR) is 78.1 cm³/mol. The molecule has 0 saturated heterocycles. The maximum absolute atomic E-state index is 5.94. The summed E-state index contributed by atoms with van der Waals surface area (Å²) < 4.78 is 0. The Bertz CT molecular complexity index is 680. The average molecular weight is 256 g/mol. The molecule has 3 rings (SSSR count). The van der Waals surface area contributed by atoms with Crippen molar-refractivity contribution in [3.8, 4) is 11.3 Å². The van der Waals surface area contributed by atoms with Crippen LogP contribution < -0.4 is 0 Å². The number of rotatable bonds is 2. The van der Waals surface area contributed by atoms with E-state index in [0.29, 0.717) is 0 Å². The third-order valence-electron chi connectivity index (χ3n) is 3.30. The summed E-state index contributed by atoms with van der Waals surface area (Å²) in [6, 6.07) is 16.4. The van der Waals surface area contributed by atoms with Crippen LogP contribution in [-0.4, -0.2) is 4.98 Å². The summed E-state index contributed by atoms with van der Waals surface area (Å²) in [7, 11) is 0. The molecule has 1 nitrogen and oxygen atoms in total. The lowest BCUT2D eigenvalue weighted by molar-refractivity contribution is 1.16. The van der Waals surface area contributed by atoms with Crippen molar-refractivity contribution in [2.45, 2.75) is 13.3 Å². The fraction of sp³-hybridized carbons (Fsp3) is 0.125. The van der Waals surface area contributed by atoms with Gasteiger partial charge in [-0.25, -0.2) is 0 Å². The second kappa shape index (κ2) is 4.51. The molecule has 0 atom stereocenters. The van der Waals surface area contributed by atoms with Crippen molar-refractivity contribution >= 4 is 22.5 Å². The van der Waals surface area contributed by atoms with Crippen LogP contribution in [0.4, 0.5) is 0 Å². The lowest BCUT2D eigenvalue weighted by Gasteiger charge is -2.02. The van der Waals surface area contributed by atoms with Gasteiger partial charge in [-0.1, -0.05) is 48.9 Å². The molecular formula is C16H14ClN. The highest BCUT2D eigenvalue weighted by molar-refractivity contribution is 6.30. The van der Waals surface area contributed by atoms with Gasteiger partial charge in [0.15, 0.2) is 0 Å². The summed E-state index contributed by atoms with van der Waals surface area (Å²) in [6.07, 6.45) is 1.02. The van der Waals surface area contributed by atoms with Gasteiger partial charge >= 0.3 is 0 Å². The van der Waals surface area contributed by atoms with Crippen LogP contribution in [-0.2, 0) is 6.42 Å². The van der Waals surface area contributed by atoms with Crippen LogP contribution in [0.3, 0.4) is 0 Å². The number of para-hydroxylation sites is 1. The van der Waals surface area contributed by atoms with E-state index in [1.807, 2.05) is 12.1 Å². The van der Waals surface area contributed by atoms with Crippen LogP contribution in [0.1, 0.15) is 12.5 Å². The average Bonchev–Trinajstić information content (AvgIpc) is 2.78. The van der Waals surface area contributed by atoms with Crippen molar-refractivity contribution in [1.82, 2.24) is 4.98 Å². The molecule has 0 saturated carbocycles. The SMILES string of the molecule is CCc1c(-c2ccc(Cl)cc2)[nH]c2ccccc12. The standard InChI is InChI=1S/C16H14ClN/c1-2-13-14-5-3-4-6-15(14)18-16(13)11-7-9-12(17)10-8-11/h3-10,18H,2H2,1H3. The summed E-state index contributed by atoms with van der Waals surface area (Å²) in [5.41, 5.74) is 4.95. The fourth-order valence-corrected chi connectivity index (χ4v) is 2.56. The molecule has 0 aliphatic heterocycles. The number of halogens is 1. The molecule has 90 valence electrons. The Labute approximate surface area is 111 Å². The molecule has 0 aliphatic carbocycles. The Kier molecular flexibility index (Phi) is 2.85. The van der Waals surface area contributed by atoms with Crippen molar-refractivity contribution in [2.75, 3.05) is 0 Å². The number of hydrogen-bond donors (Lipinski definition) is 1. The first kappa shape index (κ1) is 11.4. The lowest BCUT2D eigenvalue weighted by Crippen LogP contribution is -1.84. The van der Waals surface area contributed by atoms with Crippen molar-refractivity contribution in [1.29, 1.82) is 0 Å². The van der Waals surface area contributed by atoms with E-state index in [9.17, 15) is 0 Å². The molecule has 0 fully saturated rings. The normalized spacial score (nSPS) is 11.0. The zero-order valence-corrected chi connectivity index (χ0v) is 11.0. The van der Waals surface area contributed by atoms with Gasteiger partial charge in [-0.3, -0.25) is 0 Å². The molecule has 0 spiro atoms. The third kappa shape index (κ3) is 1.81. The molecule has 0 unspecified atom stereocenters. The summed E-state index contributed by atoms with van der Waals surface area (Å²) in [6.45, 7) is 2.19. The van der Waals surface area contributed by atoms with E-state index in [1.54, 1.807) is 0 Å². The topological polar surface area (TPSA) is 15.8 Å². The number of hydrogen-bond acceptors (Lipinski definition) is 0. The highest BCUT2D eigenvalue weighted by Crippen LogP contribution is 2.31. The van der Waals surface area contributed by atoms with Crippen molar-refractivity contribution in [3.63, 3.8) is 0 Å². The Hall–Kier alpha value is -1.73. The molecule has 2 aromatic carbocycles. The smallest absolute Gasteiger partial charge is 0.0497 e. The number of aromatic nitrogens is 1. The Morgan fingerprint density at radius 2 is 1.72 bits per heavy atom. The zero-order valence-electron chi connectivity index (χ0n) is 10.2. The highest BCUT2D eigenvalue weighted by atomic mass is 35.5. The Balaban J connectivity index is 2.25. The minimum atomic E-state index is 0.771. The van der Waals surface area contributed by atoms with E-state index in [2.05, 4.69) is 48.3 Å². The van der Waals surface area contributed by atoms with Crippen LogP contribution >= 0.6 is 11.6 Å². The Morgan fingerprint density at radius 3 is 2.44 bits per heavy atom. The van der Waals surface area contributed by atoms with E-state index in [4.69, 9.17) is 11.6 Å². The van der Waals surface area contributed by atoms with Crippen molar-refractivity contribution in [3.05, 3.63) is 59.1 Å². The molecule has 1 heterocycles. The monoisotopic (exact) mass is 255 g/mol. The second-order valence-corrected chi connectivity index (χ2v) is 4.82. The molecule has 3 aromatic rings. The summed E-state index contributed by atoms with van der Waals surface area (Å²) in [5, 5.41) is 2.08. The largest absolute Gasteiger partial charge is 0.354 e. The first-order valence-electron chi connectivity index (χ1n) is 6.15. The fourth-order valence-electron chi connectivity index (χ4n) is 2.43. The zero-order chi connectivity index (χ0) is 12.5. The molecule has 0 aliphatic rings. The highest BCUT2D eigenvalue weighted by Gasteiger charge is 2.10. The molecule has 0 amide bonds. The first-order chi connectivity index (χ1) is 8.79. The molecular weight excluding hydrogens is 242 g/mol.